The fourth-order valence-corrected chi connectivity index (χ4v) is 4.61. The zero-order valence-corrected chi connectivity index (χ0v) is 20.8. The van der Waals surface area contributed by atoms with Gasteiger partial charge < -0.3 is 23.4 Å². The first-order chi connectivity index (χ1) is 18.2. The van der Waals surface area contributed by atoms with Gasteiger partial charge in [-0.2, -0.15) is 0 Å². The summed E-state index contributed by atoms with van der Waals surface area (Å²) in [5.41, 5.74) is 1.03. The van der Waals surface area contributed by atoms with Crippen LogP contribution in [0.4, 0.5) is 0 Å². The highest BCUT2D eigenvalue weighted by Gasteiger charge is 2.51. The minimum atomic E-state index is -1.15. The number of carbonyl (C=O) groups excluding carboxylic acids is 3. The number of nitrogens with zero attached hydrogens (tertiary/aromatic N) is 2. The Morgan fingerprint density at radius 2 is 1.61 bits per heavy atom. The lowest BCUT2D eigenvalue weighted by molar-refractivity contribution is -0.166. The summed E-state index contributed by atoms with van der Waals surface area (Å²) in [5, 5.41) is 0.676. The van der Waals surface area contributed by atoms with E-state index in [1.807, 2.05) is 6.07 Å². The number of rotatable bonds is 6. The quantitative estimate of drug-likeness (QED) is 0.212. The second kappa shape index (κ2) is 10.1. The first-order valence-corrected chi connectivity index (χ1v) is 11.9. The number of hydrogen-bond acceptors (Lipinski definition) is 10. The molecule has 1 fully saturated rings. The van der Waals surface area contributed by atoms with Crippen LogP contribution in [0.5, 0.6) is 0 Å². The van der Waals surface area contributed by atoms with E-state index in [1.165, 1.54) is 20.8 Å². The molecule has 0 unspecified atom stereocenters. The van der Waals surface area contributed by atoms with Crippen molar-refractivity contribution in [3.8, 4) is 11.4 Å². The van der Waals surface area contributed by atoms with Crippen molar-refractivity contribution in [3.05, 3.63) is 65.0 Å². The molecule has 0 N–H and O–H groups in total. The Kier molecular flexibility index (Phi) is 6.68. The van der Waals surface area contributed by atoms with Crippen LogP contribution in [-0.4, -0.2) is 52.4 Å². The Balaban J connectivity index is 1.71. The van der Waals surface area contributed by atoms with Gasteiger partial charge in [-0.1, -0.05) is 30.3 Å². The number of hydrogen-bond donors (Lipinski definition) is 0. The predicted molar refractivity (Wildman–Crippen MR) is 133 cm³/mol. The number of aromatic nitrogens is 2. The van der Waals surface area contributed by atoms with Gasteiger partial charge in [0.1, 0.15) is 23.9 Å². The van der Waals surface area contributed by atoms with Gasteiger partial charge in [-0.25, -0.2) is 9.78 Å². The van der Waals surface area contributed by atoms with Crippen molar-refractivity contribution < 1.29 is 37.7 Å². The Hall–Kier alpha value is -4.51. The van der Waals surface area contributed by atoms with E-state index in [2.05, 4.69) is 4.98 Å². The summed E-state index contributed by atoms with van der Waals surface area (Å²) in [5.74, 6) is -1.66. The maximum Gasteiger partial charge on any atom is 0.347 e. The Bertz CT molecular complexity index is 1610. The molecule has 1 aliphatic heterocycles. The molecule has 0 radical (unpaired) electrons. The van der Waals surface area contributed by atoms with Gasteiger partial charge in [-0.15, -0.1) is 0 Å². The molecule has 11 heteroatoms. The second-order valence-corrected chi connectivity index (χ2v) is 8.80. The van der Waals surface area contributed by atoms with E-state index in [0.717, 1.165) is 0 Å². The smallest absolute Gasteiger partial charge is 0.347 e. The molecule has 0 amide bonds. The fraction of sp³-hybridized carbons (Fsp3) is 0.296. The molecule has 1 saturated heterocycles. The van der Waals surface area contributed by atoms with Crippen molar-refractivity contribution >= 4 is 39.9 Å². The summed E-state index contributed by atoms with van der Waals surface area (Å²) in [4.78, 5) is 53.4. The average molecular weight is 520 g/mol. The van der Waals surface area contributed by atoms with Crippen LogP contribution in [0.2, 0.25) is 0 Å². The number of carbonyl (C=O) groups is 3. The molecular weight excluding hydrogens is 496 g/mol. The van der Waals surface area contributed by atoms with Crippen LogP contribution in [0.25, 0.3) is 33.4 Å². The van der Waals surface area contributed by atoms with E-state index in [9.17, 15) is 19.2 Å². The van der Waals surface area contributed by atoms with Crippen LogP contribution in [0.3, 0.4) is 0 Å². The Morgan fingerprint density at radius 1 is 0.921 bits per heavy atom. The Morgan fingerprint density at radius 3 is 2.34 bits per heavy atom. The van der Waals surface area contributed by atoms with Crippen molar-refractivity contribution in [2.45, 2.75) is 45.3 Å². The zero-order valence-electron chi connectivity index (χ0n) is 20.8. The summed E-state index contributed by atoms with van der Waals surface area (Å²) in [6, 6.07) is 15.8. The maximum atomic E-state index is 13.1. The molecule has 196 valence electrons. The summed E-state index contributed by atoms with van der Waals surface area (Å²) < 4.78 is 29.6. The van der Waals surface area contributed by atoms with Gasteiger partial charge in [-0.05, 0) is 24.3 Å². The third-order valence-corrected chi connectivity index (χ3v) is 6.07. The third kappa shape index (κ3) is 4.75. The lowest BCUT2D eigenvalue weighted by atomic mass is 10.1. The molecule has 2 aromatic carbocycles. The molecule has 3 heterocycles. The average Bonchev–Trinajstić information content (AvgIpc) is 3.39. The molecule has 11 nitrogen and oxygen atoms in total. The Labute approximate surface area is 215 Å². The molecule has 0 saturated carbocycles. The van der Waals surface area contributed by atoms with Gasteiger partial charge in [-0.3, -0.25) is 19.0 Å². The van der Waals surface area contributed by atoms with E-state index < -0.39 is 48.1 Å². The minimum absolute atomic E-state index is 0.151. The number of ether oxygens (including phenoxy) is 4. The van der Waals surface area contributed by atoms with Crippen LogP contribution in [0, 0.1) is 0 Å². The van der Waals surface area contributed by atoms with Crippen LogP contribution < -0.4 is 5.63 Å². The van der Waals surface area contributed by atoms with Crippen molar-refractivity contribution in [1.82, 2.24) is 9.55 Å². The number of esters is 3. The lowest BCUT2D eigenvalue weighted by Crippen LogP contribution is -2.40. The molecule has 0 bridgehead atoms. The van der Waals surface area contributed by atoms with Crippen LogP contribution >= 0.6 is 0 Å². The van der Waals surface area contributed by atoms with E-state index in [1.54, 1.807) is 53.1 Å². The van der Waals surface area contributed by atoms with Crippen LogP contribution in [0.1, 0.15) is 27.0 Å². The minimum Gasteiger partial charge on any atom is -0.463 e. The standard InChI is InChI=1S/C27H24N2O9/c1-14(30)34-13-22-23(35-15(2)31)24(36-16(3)32)26(37-22)29-20-10-6-5-9-19(20)28-25(29)18-12-17-8-4-7-11-21(17)38-27(18)33/h4-12,22-24,26H,13H2,1-3H3/t22-,23-,24-,26-/m1/s1. The monoisotopic (exact) mass is 520 g/mol. The van der Waals surface area contributed by atoms with Crippen molar-refractivity contribution in [2.24, 2.45) is 0 Å². The molecule has 0 spiro atoms. The van der Waals surface area contributed by atoms with Crippen LogP contribution in [-0.2, 0) is 33.3 Å². The molecule has 38 heavy (non-hydrogen) atoms. The van der Waals surface area contributed by atoms with E-state index >= 15 is 0 Å². The molecular formula is C27H24N2O9. The SMILES string of the molecule is CC(=O)OC[C@H]1O[C@@H](n2c(-c3cc4ccccc4oc3=O)nc3ccccc32)[C@H](OC(C)=O)[C@@H]1OC(C)=O. The van der Waals surface area contributed by atoms with Gasteiger partial charge >= 0.3 is 23.5 Å². The second-order valence-electron chi connectivity index (χ2n) is 8.80. The van der Waals surface area contributed by atoms with E-state index in [4.69, 9.17) is 23.4 Å². The molecule has 4 aromatic rings. The highest BCUT2D eigenvalue weighted by Crippen LogP contribution is 2.39. The van der Waals surface area contributed by atoms with Gasteiger partial charge in [0.25, 0.3) is 0 Å². The summed E-state index contributed by atoms with van der Waals surface area (Å²) in [6.45, 7) is 3.39. The van der Waals surface area contributed by atoms with E-state index in [0.29, 0.717) is 22.0 Å². The number of imidazole rings is 1. The largest absolute Gasteiger partial charge is 0.463 e. The third-order valence-electron chi connectivity index (χ3n) is 6.07. The van der Waals surface area contributed by atoms with Crippen LogP contribution in [0.15, 0.2) is 63.8 Å². The molecule has 2 aromatic heterocycles. The van der Waals surface area contributed by atoms with Gasteiger partial charge in [0.2, 0.25) is 0 Å². The molecule has 0 aliphatic carbocycles. The highest BCUT2D eigenvalue weighted by molar-refractivity contribution is 5.84. The van der Waals surface area contributed by atoms with Gasteiger partial charge in [0, 0.05) is 26.2 Å². The van der Waals surface area contributed by atoms with Crippen molar-refractivity contribution in [1.29, 1.82) is 0 Å². The fourth-order valence-electron chi connectivity index (χ4n) is 4.61. The molecule has 4 atom stereocenters. The molecule has 1 aliphatic rings. The first-order valence-electron chi connectivity index (χ1n) is 11.9. The predicted octanol–water partition coefficient (Wildman–Crippen LogP) is 3.13. The van der Waals surface area contributed by atoms with Gasteiger partial charge in [0.05, 0.1) is 11.0 Å². The van der Waals surface area contributed by atoms with Crippen molar-refractivity contribution in [2.75, 3.05) is 6.61 Å². The maximum absolute atomic E-state index is 13.1. The normalized spacial score (nSPS) is 20.9. The summed E-state index contributed by atoms with van der Waals surface area (Å²) >= 11 is 0. The number of benzene rings is 2. The van der Waals surface area contributed by atoms with Crippen molar-refractivity contribution in [3.63, 3.8) is 0 Å². The first kappa shape index (κ1) is 25.2. The number of para-hydroxylation sites is 3. The zero-order chi connectivity index (χ0) is 27.0. The topological polar surface area (TPSA) is 136 Å². The summed E-state index contributed by atoms with van der Waals surface area (Å²) in [7, 11) is 0. The summed E-state index contributed by atoms with van der Waals surface area (Å²) in [6.07, 6.45) is -4.33. The highest BCUT2D eigenvalue weighted by atomic mass is 16.7. The van der Waals surface area contributed by atoms with Gasteiger partial charge in [0.15, 0.2) is 24.3 Å². The number of fused-ring (bicyclic) bond motifs is 2. The van der Waals surface area contributed by atoms with E-state index in [-0.39, 0.29) is 18.0 Å². The lowest BCUT2D eigenvalue weighted by Gasteiger charge is -2.25. The molecule has 5 rings (SSSR count).